The van der Waals surface area contributed by atoms with Crippen molar-refractivity contribution in [3.05, 3.63) is 73.8 Å². The summed E-state index contributed by atoms with van der Waals surface area (Å²) in [6, 6.07) is 7.29. The summed E-state index contributed by atoms with van der Waals surface area (Å²) in [5.41, 5.74) is -1.02. The van der Waals surface area contributed by atoms with Crippen LogP contribution in [0.4, 0.5) is 24.5 Å². The third-order valence-corrected chi connectivity index (χ3v) is 5.94. The molecule has 1 aliphatic heterocycles. The Hall–Kier alpha value is -2.89. The zero-order valence-electron chi connectivity index (χ0n) is 17.3. The van der Waals surface area contributed by atoms with E-state index in [9.17, 15) is 28.1 Å². The molecule has 0 bridgehead atoms. The normalized spacial score (nSPS) is 14.4. The first-order chi connectivity index (χ1) is 16.0. The van der Waals surface area contributed by atoms with Gasteiger partial charge in [-0.2, -0.15) is 13.2 Å². The second kappa shape index (κ2) is 10.6. The number of hydrogen-bond donors (Lipinski definition) is 1. The Kier molecular flexibility index (Phi) is 8.01. The molecule has 0 aliphatic carbocycles. The van der Waals surface area contributed by atoms with Crippen LogP contribution in [0.25, 0.3) is 6.08 Å². The molecule has 34 heavy (non-hydrogen) atoms. The number of carbonyl (C=O) groups excluding carboxylic acids is 1. The van der Waals surface area contributed by atoms with Gasteiger partial charge in [0.25, 0.3) is 5.69 Å². The molecule has 1 aliphatic rings. The number of rotatable bonds is 4. The lowest BCUT2D eigenvalue weighted by Crippen LogP contribution is -2.52. The van der Waals surface area contributed by atoms with Crippen molar-refractivity contribution in [2.24, 2.45) is 0 Å². The summed E-state index contributed by atoms with van der Waals surface area (Å²) in [6.07, 6.45) is -1.90. The molecule has 1 amide bonds. The van der Waals surface area contributed by atoms with Gasteiger partial charge in [-0.1, -0.05) is 29.3 Å². The van der Waals surface area contributed by atoms with Gasteiger partial charge < -0.3 is 9.80 Å². The highest BCUT2D eigenvalue weighted by Crippen LogP contribution is 2.36. The minimum atomic E-state index is -4.68. The molecular formula is C21H17Cl2F3N4O3S. The maximum atomic E-state index is 12.9. The number of thiocarbonyl (C=S) groups is 1. The zero-order valence-corrected chi connectivity index (χ0v) is 19.6. The van der Waals surface area contributed by atoms with Crippen molar-refractivity contribution in [2.45, 2.75) is 6.18 Å². The van der Waals surface area contributed by atoms with Crippen LogP contribution >= 0.6 is 35.4 Å². The van der Waals surface area contributed by atoms with E-state index in [2.05, 4.69) is 5.32 Å². The third-order valence-electron chi connectivity index (χ3n) is 5.01. The summed E-state index contributed by atoms with van der Waals surface area (Å²) < 4.78 is 38.8. The second-order valence-corrected chi connectivity index (χ2v) is 8.46. The summed E-state index contributed by atoms with van der Waals surface area (Å²) in [6.45, 7) is 1.14. The average molecular weight is 533 g/mol. The Balaban J connectivity index is 1.60. The number of nitrogens with one attached hydrogen (secondary N) is 1. The van der Waals surface area contributed by atoms with Gasteiger partial charge in [-0.15, -0.1) is 0 Å². The van der Waals surface area contributed by atoms with E-state index in [0.29, 0.717) is 34.8 Å². The number of anilines is 1. The summed E-state index contributed by atoms with van der Waals surface area (Å²) >= 11 is 17.2. The fraction of sp³-hybridized carbons (Fsp3) is 0.238. The highest BCUT2D eigenvalue weighted by Gasteiger charge is 2.34. The number of alkyl halides is 3. The van der Waals surface area contributed by atoms with Crippen LogP contribution in [0.3, 0.4) is 0 Å². The number of amides is 1. The van der Waals surface area contributed by atoms with Crippen LogP contribution in [0, 0.1) is 10.1 Å². The molecule has 0 spiro atoms. The topological polar surface area (TPSA) is 78.7 Å². The van der Waals surface area contributed by atoms with Gasteiger partial charge in [0.15, 0.2) is 5.11 Å². The standard InChI is InChI=1S/C21H17Cl2F3N4O3S/c22-15-4-1-13(16(23)12-15)2-6-19(31)27-20(34)29-9-7-28(8-10-29)17-5-3-14(21(24,25)26)11-18(17)30(32)33/h1-6,11-12H,7-10H2,(H,27,31,34)/b6-2+. The summed E-state index contributed by atoms with van der Waals surface area (Å²) in [5.74, 6) is -0.475. The summed E-state index contributed by atoms with van der Waals surface area (Å²) in [5, 5.41) is 14.9. The highest BCUT2D eigenvalue weighted by molar-refractivity contribution is 7.80. The van der Waals surface area contributed by atoms with Gasteiger partial charge in [0.1, 0.15) is 5.69 Å². The van der Waals surface area contributed by atoms with Crippen molar-refractivity contribution >= 4 is 63.9 Å². The van der Waals surface area contributed by atoms with E-state index < -0.39 is 28.3 Å². The highest BCUT2D eigenvalue weighted by atomic mass is 35.5. The van der Waals surface area contributed by atoms with E-state index in [1.54, 1.807) is 28.0 Å². The number of piperazine rings is 1. The lowest BCUT2D eigenvalue weighted by atomic mass is 10.1. The Bertz CT molecular complexity index is 1150. The molecule has 1 fully saturated rings. The molecule has 1 heterocycles. The molecule has 0 aromatic heterocycles. The molecule has 1 N–H and O–H groups in total. The third kappa shape index (κ3) is 6.37. The SMILES string of the molecule is O=C(/C=C/c1ccc(Cl)cc1Cl)NC(=S)N1CCN(c2ccc(C(F)(F)F)cc2[N+](=O)[O-])CC1. The van der Waals surface area contributed by atoms with Crippen molar-refractivity contribution in [3.8, 4) is 0 Å². The molecule has 180 valence electrons. The maximum absolute atomic E-state index is 12.9. The predicted molar refractivity (Wildman–Crippen MR) is 128 cm³/mol. The first-order valence-electron chi connectivity index (χ1n) is 9.79. The number of nitrogens with zero attached hydrogens (tertiary/aromatic N) is 3. The maximum Gasteiger partial charge on any atom is 0.416 e. The van der Waals surface area contributed by atoms with Crippen LogP contribution in [0.5, 0.6) is 0 Å². The molecule has 0 unspecified atom stereocenters. The van der Waals surface area contributed by atoms with Crippen LogP contribution in [0.15, 0.2) is 42.5 Å². The van der Waals surface area contributed by atoms with E-state index in [-0.39, 0.29) is 23.9 Å². The smallest absolute Gasteiger partial charge is 0.362 e. The molecule has 1 saturated heterocycles. The number of nitro benzene ring substituents is 1. The van der Waals surface area contributed by atoms with Crippen LogP contribution in [-0.2, 0) is 11.0 Å². The quantitative estimate of drug-likeness (QED) is 0.253. The molecule has 0 radical (unpaired) electrons. The van der Waals surface area contributed by atoms with E-state index in [0.717, 1.165) is 12.1 Å². The fourth-order valence-electron chi connectivity index (χ4n) is 3.29. The predicted octanol–water partition coefficient (Wildman–Crippen LogP) is 5.16. The molecule has 7 nitrogen and oxygen atoms in total. The average Bonchev–Trinajstić information content (AvgIpc) is 2.77. The lowest BCUT2D eigenvalue weighted by Gasteiger charge is -2.36. The van der Waals surface area contributed by atoms with Gasteiger partial charge in [-0.05, 0) is 48.1 Å². The van der Waals surface area contributed by atoms with Crippen LogP contribution < -0.4 is 10.2 Å². The fourth-order valence-corrected chi connectivity index (χ4v) is 4.05. The Labute approximate surface area is 207 Å². The molecule has 2 aromatic carbocycles. The monoisotopic (exact) mass is 532 g/mol. The molecule has 13 heteroatoms. The summed E-state index contributed by atoms with van der Waals surface area (Å²) in [7, 11) is 0. The second-order valence-electron chi connectivity index (χ2n) is 7.23. The first-order valence-corrected chi connectivity index (χ1v) is 11.0. The van der Waals surface area contributed by atoms with Crippen LogP contribution in [0.2, 0.25) is 10.0 Å². The molecule has 0 saturated carbocycles. The van der Waals surface area contributed by atoms with Gasteiger partial charge >= 0.3 is 6.18 Å². The van der Waals surface area contributed by atoms with Crippen molar-refractivity contribution in [1.82, 2.24) is 10.2 Å². The summed E-state index contributed by atoms with van der Waals surface area (Å²) in [4.78, 5) is 26.0. The number of benzene rings is 2. The molecule has 2 aromatic rings. The van der Waals surface area contributed by atoms with Crippen molar-refractivity contribution in [3.63, 3.8) is 0 Å². The van der Waals surface area contributed by atoms with E-state index >= 15 is 0 Å². The Morgan fingerprint density at radius 1 is 1.12 bits per heavy atom. The Morgan fingerprint density at radius 2 is 1.79 bits per heavy atom. The minimum absolute atomic E-state index is 0.0929. The molecule has 0 atom stereocenters. The zero-order chi connectivity index (χ0) is 25.0. The lowest BCUT2D eigenvalue weighted by molar-refractivity contribution is -0.384. The minimum Gasteiger partial charge on any atom is -0.362 e. The van der Waals surface area contributed by atoms with Gasteiger partial charge in [0, 0.05) is 48.4 Å². The van der Waals surface area contributed by atoms with Gasteiger partial charge in [-0.3, -0.25) is 20.2 Å². The van der Waals surface area contributed by atoms with E-state index in [1.165, 1.54) is 12.2 Å². The van der Waals surface area contributed by atoms with Gasteiger partial charge in [-0.25, -0.2) is 0 Å². The number of halogens is 5. The first kappa shape index (κ1) is 25.7. The largest absolute Gasteiger partial charge is 0.416 e. The van der Waals surface area contributed by atoms with E-state index in [1.807, 2.05) is 0 Å². The van der Waals surface area contributed by atoms with Crippen LogP contribution in [-0.4, -0.2) is 47.0 Å². The number of carbonyl (C=O) groups is 1. The van der Waals surface area contributed by atoms with E-state index in [4.69, 9.17) is 35.4 Å². The molecule has 3 rings (SSSR count). The van der Waals surface area contributed by atoms with Crippen molar-refractivity contribution < 1.29 is 22.9 Å². The van der Waals surface area contributed by atoms with Crippen molar-refractivity contribution in [1.29, 1.82) is 0 Å². The number of nitro groups is 1. The molecular weight excluding hydrogens is 516 g/mol. The van der Waals surface area contributed by atoms with Crippen molar-refractivity contribution in [2.75, 3.05) is 31.1 Å². The van der Waals surface area contributed by atoms with Gasteiger partial charge in [0.2, 0.25) is 5.91 Å². The Morgan fingerprint density at radius 3 is 2.38 bits per heavy atom. The van der Waals surface area contributed by atoms with Crippen LogP contribution in [0.1, 0.15) is 11.1 Å². The number of hydrogen-bond acceptors (Lipinski definition) is 5. The van der Waals surface area contributed by atoms with Gasteiger partial charge in [0.05, 0.1) is 10.5 Å².